The molecule has 2 aromatic carbocycles. The Balaban J connectivity index is 1.20. The molecule has 1 saturated heterocycles. The van der Waals surface area contributed by atoms with Gasteiger partial charge < -0.3 is 19.1 Å². The van der Waals surface area contributed by atoms with Crippen LogP contribution in [0.25, 0.3) is 0 Å². The first-order valence-corrected chi connectivity index (χ1v) is 13.6. The highest BCUT2D eigenvalue weighted by Gasteiger charge is 2.29. The topological polar surface area (TPSA) is 76.7 Å². The van der Waals surface area contributed by atoms with E-state index in [-0.39, 0.29) is 18.1 Å². The molecule has 0 unspecified atom stereocenters. The van der Waals surface area contributed by atoms with Gasteiger partial charge in [-0.1, -0.05) is 30.3 Å². The molecule has 3 aromatic rings. The number of fused-ring (bicyclic) bond motifs is 2. The molecular weight excluding hydrogens is 466 g/mol. The molecule has 7 heteroatoms. The number of carbonyl (C=O) groups is 1. The van der Waals surface area contributed by atoms with Gasteiger partial charge in [0, 0.05) is 43.8 Å². The quantitative estimate of drug-likeness (QED) is 0.486. The van der Waals surface area contributed by atoms with Crippen LogP contribution in [0, 0.1) is 0 Å². The molecule has 1 N–H and O–H groups in total. The number of methoxy groups -OCH3 is 1. The highest BCUT2D eigenvalue weighted by molar-refractivity contribution is 5.94. The molecule has 194 valence electrons. The van der Waals surface area contributed by atoms with Crippen molar-refractivity contribution in [3.8, 4) is 11.5 Å². The zero-order valence-electron chi connectivity index (χ0n) is 21.5. The Morgan fingerprint density at radius 1 is 1.08 bits per heavy atom. The van der Waals surface area contributed by atoms with Gasteiger partial charge in [-0.05, 0) is 67.3 Å². The smallest absolute Gasteiger partial charge is 0.275 e. The maximum atomic E-state index is 13.8. The van der Waals surface area contributed by atoms with E-state index in [0.717, 1.165) is 80.5 Å². The van der Waals surface area contributed by atoms with E-state index in [4.69, 9.17) is 14.2 Å². The second-order valence-electron chi connectivity index (χ2n) is 10.5. The molecule has 1 aromatic heterocycles. The molecule has 37 heavy (non-hydrogen) atoms. The zero-order chi connectivity index (χ0) is 25.2. The Kier molecular flexibility index (Phi) is 6.87. The summed E-state index contributed by atoms with van der Waals surface area (Å²) >= 11 is 0. The summed E-state index contributed by atoms with van der Waals surface area (Å²) in [5, 5.41) is 7.58. The molecule has 1 fully saturated rings. The van der Waals surface area contributed by atoms with Crippen LogP contribution in [-0.2, 0) is 37.0 Å². The molecule has 1 amide bonds. The van der Waals surface area contributed by atoms with Crippen molar-refractivity contribution in [2.24, 2.45) is 0 Å². The Hall–Kier alpha value is -3.32. The summed E-state index contributed by atoms with van der Waals surface area (Å²) in [6.45, 7) is 1.78. The average molecular weight is 502 g/mol. The van der Waals surface area contributed by atoms with E-state index < -0.39 is 0 Å². The lowest BCUT2D eigenvalue weighted by Crippen LogP contribution is -2.37. The maximum Gasteiger partial charge on any atom is 0.275 e. The highest BCUT2D eigenvalue weighted by atomic mass is 16.5. The fraction of sp³-hybridized carbons (Fsp3) is 0.467. The minimum Gasteiger partial charge on any atom is -0.493 e. The summed E-state index contributed by atoms with van der Waals surface area (Å²) in [5.74, 6) is 1.40. The number of ether oxygens (including phenoxy) is 3. The largest absolute Gasteiger partial charge is 0.493 e. The second-order valence-corrected chi connectivity index (χ2v) is 10.5. The van der Waals surface area contributed by atoms with Crippen molar-refractivity contribution in [3.05, 3.63) is 76.1 Å². The highest BCUT2D eigenvalue weighted by Crippen LogP contribution is 2.33. The molecule has 7 nitrogen and oxygen atoms in total. The average Bonchev–Trinajstić information content (AvgIpc) is 3.68. The van der Waals surface area contributed by atoms with Gasteiger partial charge >= 0.3 is 0 Å². The lowest BCUT2D eigenvalue weighted by Gasteiger charge is -2.26. The third-order valence-corrected chi connectivity index (χ3v) is 7.90. The number of H-pyrrole nitrogens is 1. The van der Waals surface area contributed by atoms with Crippen LogP contribution < -0.4 is 9.47 Å². The van der Waals surface area contributed by atoms with Crippen LogP contribution in [0.4, 0.5) is 0 Å². The predicted octanol–water partition coefficient (Wildman–Crippen LogP) is 4.66. The number of amides is 1. The van der Waals surface area contributed by atoms with Crippen LogP contribution in [-0.4, -0.2) is 53.5 Å². The van der Waals surface area contributed by atoms with Crippen LogP contribution in [0.1, 0.15) is 64.1 Å². The van der Waals surface area contributed by atoms with Crippen molar-refractivity contribution in [1.29, 1.82) is 0 Å². The minimum atomic E-state index is -0.0297. The van der Waals surface area contributed by atoms with Gasteiger partial charge in [0.05, 0.1) is 13.2 Å². The summed E-state index contributed by atoms with van der Waals surface area (Å²) in [5.41, 5.74) is 6.48. The van der Waals surface area contributed by atoms with Gasteiger partial charge in [0.2, 0.25) is 0 Å². The number of carbonyl (C=O) groups excluding carboxylic acids is 1. The molecular formula is C30H35N3O4. The van der Waals surface area contributed by atoms with Gasteiger partial charge in [-0.25, -0.2) is 0 Å². The Labute approximate surface area is 218 Å². The zero-order valence-corrected chi connectivity index (χ0v) is 21.5. The van der Waals surface area contributed by atoms with Crippen LogP contribution in [0.15, 0.2) is 42.5 Å². The third-order valence-electron chi connectivity index (χ3n) is 7.90. The summed E-state index contributed by atoms with van der Waals surface area (Å²) in [6.07, 6.45) is 8.09. The van der Waals surface area contributed by atoms with Gasteiger partial charge in [0.1, 0.15) is 6.10 Å². The lowest BCUT2D eigenvalue weighted by atomic mass is 9.95. The molecule has 1 atom stereocenters. The maximum absolute atomic E-state index is 13.8. The molecule has 0 spiro atoms. The van der Waals surface area contributed by atoms with E-state index >= 15 is 0 Å². The molecule has 0 bridgehead atoms. The van der Waals surface area contributed by atoms with Gasteiger partial charge in [-0.15, -0.1) is 0 Å². The Morgan fingerprint density at radius 3 is 2.65 bits per heavy atom. The summed E-state index contributed by atoms with van der Waals surface area (Å²) in [7, 11) is 1.67. The molecule has 0 radical (unpaired) electrons. The van der Waals surface area contributed by atoms with Gasteiger partial charge in [0.25, 0.3) is 5.91 Å². The van der Waals surface area contributed by atoms with Crippen molar-refractivity contribution in [1.82, 2.24) is 15.1 Å². The number of hydrogen-bond donors (Lipinski definition) is 1. The van der Waals surface area contributed by atoms with E-state index in [1.807, 2.05) is 23.1 Å². The first-order chi connectivity index (χ1) is 18.2. The number of hydrogen-bond acceptors (Lipinski definition) is 5. The number of aromatic nitrogens is 2. The molecule has 3 aliphatic rings. The predicted molar refractivity (Wildman–Crippen MR) is 140 cm³/mol. The van der Waals surface area contributed by atoms with Crippen molar-refractivity contribution in [2.45, 2.75) is 70.1 Å². The Bertz CT molecular complexity index is 1240. The van der Waals surface area contributed by atoms with E-state index in [1.165, 1.54) is 11.1 Å². The van der Waals surface area contributed by atoms with E-state index in [9.17, 15) is 4.79 Å². The van der Waals surface area contributed by atoms with Gasteiger partial charge in [-0.2, -0.15) is 5.10 Å². The van der Waals surface area contributed by atoms with Crippen LogP contribution in [0.5, 0.6) is 11.5 Å². The standard InChI is InChI=1S/C30H35N3O4/c1-35-28-15-20(12-13-27(28)37-24-16-21-7-2-3-8-22(21)17-24)18-33(19-23-9-6-14-36-23)30(34)29-25-10-4-5-11-26(25)31-32-29/h2-3,7-8,12-13,15,23-24H,4-6,9-11,14,16-19H2,1H3,(H,31,32)/t23-/m0/s1. The van der Waals surface area contributed by atoms with Gasteiger partial charge in [0.15, 0.2) is 17.2 Å². The van der Waals surface area contributed by atoms with Crippen LogP contribution in [0.3, 0.4) is 0 Å². The fourth-order valence-corrected chi connectivity index (χ4v) is 5.97. The number of nitrogens with zero attached hydrogens (tertiary/aromatic N) is 2. The van der Waals surface area contributed by atoms with E-state index in [2.05, 4.69) is 34.5 Å². The van der Waals surface area contributed by atoms with E-state index in [1.54, 1.807) is 7.11 Å². The van der Waals surface area contributed by atoms with Crippen molar-refractivity contribution < 1.29 is 19.0 Å². The fourth-order valence-electron chi connectivity index (χ4n) is 5.97. The molecule has 2 aliphatic carbocycles. The Morgan fingerprint density at radius 2 is 1.89 bits per heavy atom. The van der Waals surface area contributed by atoms with Crippen molar-refractivity contribution in [2.75, 3.05) is 20.3 Å². The number of aryl methyl sites for hydroxylation is 1. The van der Waals surface area contributed by atoms with Gasteiger partial charge in [-0.3, -0.25) is 9.89 Å². The first kappa shape index (κ1) is 24.0. The monoisotopic (exact) mass is 501 g/mol. The molecule has 0 saturated carbocycles. The van der Waals surface area contributed by atoms with Crippen LogP contribution in [0.2, 0.25) is 0 Å². The number of benzene rings is 2. The van der Waals surface area contributed by atoms with Crippen LogP contribution >= 0.6 is 0 Å². The number of aromatic amines is 1. The summed E-state index contributed by atoms with van der Waals surface area (Å²) < 4.78 is 18.0. The van der Waals surface area contributed by atoms with E-state index in [0.29, 0.717) is 24.5 Å². The normalized spacial score (nSPS) is 18.9. The third kappa shape index (κ3) is 5.10. The summed E-state index contributed by atoms with van der Waals surface area (Å²) in [4.78, 5) is 15.7. The number of nitrogens with one attached hydrogen (secondary N) is 1. The molecule has 2 heterocycles. The second kappa shape index (κ2) is 10.6. The minimum absolute atomic E-state index is 0.0297. The number of rotatable bonds is 8. The SMILES string of the molecule is COc1cc(CN(C[C@@H]2CCCO2)C(=O)c2n[nH]c3c2CCCC3)ccc1OC1Cc2ccccc2C1. The molecule has 1 aliphatic heterocycles. The lowest BCUT2D eigenvalue weighted by molar-refractivity contribution is 0.0501. The molecule has 6 rings (SSSR count). The first-order valence-electron chi connectivity index (χ1n) is 13.6. The van der Waals surface area contributed by atoms with Crippen molar-refractivity contribution >= 4 is 5.91 Å². The summed E-state index contributed by atoms with van der Waals surface area (Å²) in [6, 6.07) is 14.5. The van der Waals surface area contributed by atoms with Crippen molar-refractivity contribution in [3.63, 3.8) is 0 Å².